The first-order valence-corrected chi connectivity index (χ1v) is 5.97. The molecule has 0 fully saturated rings. The van der Waals surface area contributed by atoms with E-state index in [9.17, 15) is 0 Å². The molecule has 0 spiro atoms. The van der Waals surface area contributed by atoms with Crippen molar-refractivity contribution in [1.82, 2.24) is 0 Å². The zero-order chi connectivity index (χ0) is 9.10. The maximum Gasteiger partial charge on any atom is 0.0497 e. The van der Waals surface area contributed by atoms with Crippen molar-refractivity contribution in [2.75, 3.05) is 5.32 Å². The van der Waals surface area contributed by atoms with Crippen molar-refractivity contribution in [3.8, 4) is 0 Å². The standard InChI is InChI=1S/C10H11NS2/c1-8-2-5-13-10(8)6-11-9-3-4-12-7-9/h2-5,7,11H,6H2,1H3. The molecule has 0 aliphatic rings. The zero-order valence-corrected chi connectivity index (χ0v) is 9.04. The van der Waals surface area contributed by atoms with Gasteiger partial charge in [0.1, 0.15) is 0 Å². The van der Waals surface area contributed by atoms with Gasteiger partial charge in [0, 0.05) is 22.5 Å². The number of aryl methyl sites for hydroxylation is 1. The Morgan fingerprint density at radius 1 is 1.31 bits per heavy atom. The molecular formula is C10H11NS2. The average molecular weight is 209 g/mol. The Hall–Kier alpha value is -0.800. The highest BCUT2D eigenvalue weighted by Gasteiger charge is 1.98. The second-order valence-electron chi connectivity index (χ2n) is 2.89. The Balaban J connectivity index is 1.97. The Kier molecular flexibility index (Phi) is 2.66. The van der Waals surface area contributed by atoms with Gasteiger partial charge in [-0.25, -0.2) is 0 Å². The predicted octanol–water partition coefficient (Wildman–Crippen LogP) is 3.73. The minimum absolute atomic E-state index is 0.945. The molecule has 2 heterocycles. The molecule has 0 bridgehead atoms. The van der Waals surface area contributed by atoms with Crippen molar-refractivity contribution in [3.05, 3.63) is 38.7 Å². The van der Waals surface area contributed by atoms with Crippen molar-refractivity contribution in [2.45, 2.75) is 13.5 Å². The van der Waals surface area contributed by atoms with Gasteiger partial charge in [0.2, 0.25) is 0 Å². The molecule has 0 unspecified atom stereocenters. The van der Waals surface area contributed by atoms with Crippen LogP contribution in [0.4, 0.5) is 5.69 Å². The second-order valence-corrected chi connectivity index (χ2v) is 4.67. The summed E-state index contributed by atoms with van der Waals surface area (Å²) in [6, 6.07) is 4.27. The summed E-state index contributed by atoms with van der Waals surface area (Å²) in [5.41, 5.74) is 2.60. The zero-order valence-electron chi connectivity index (χ0n) is 7.41. The van der Waals surface area contributed by atoms with Crippen LogP contribution in [-0.4, -0.2) is 0 Å². The first-order chi connectivity index (χ1) is 6.36. The van der Waals surface area contributed by atoms with Crippen molar-refractivity contribution >= 4 is 28.4 Å². The summed E-state index contributed by atoms with van der Waals surface area (Å²) in [7, 11) is 0. The summed E-state index contributed by atoms with van der Waals surface area (Å²) in [4.78, 5) is 1.42. The largest absolute Gasteiger partial charge is 0.379 e. The van der Waals surface area contributed by atoms with E-state index in [1.807, 2.05) is 11.3 Å². The van der Waals surface area contributed by atoms with E-state index in [4.69, 9.17) is 0 Å². The highest BCUT2D eigenvalue weighted by atomic mass is 32.1. The molecule has 0 saturated heterocycles. The maximum atomic E-state index is 3.39. The first-order valence-electron chi connectivity index (χ1n) is 4.15. The number of rotatable bonds is 3. The molecule has 2 rings (SSSR count). The van der Waals surface area contributed by atoms with Gasteiger partial charge in [-0.2, -0.15) is 11.3 Å². The lowest BCUT2D eigenvalue weighted by Crippen LogP contribution is -1.96. The van der Waals surface area contributed by atoms with E-state index in [-0.39, 0.29) is 0 Å². The summed E-state index contributed by atoms with van der Waals surface area (Å²) >= 11 is 3.53. The molecule has 68 valence electrons. The van der Waals surface area contributed by atoms with E-state index < -0.39 is 0 Å². The molecule has 2 aromatic heterocycles. The highest BCUT2D eigenvalue weighted by molar-refractivity contribution is 7.10. The van der Waals surface area contributed by atoms with Crippen LogP contribution in [0.2, 0.25) is 0 Å². The van der Waals surface area contributed by atoms with E-state index >= 15 is 0 Å². The SMILES string of the molecule is Cc1ccsc1CNc1ccsc1. The number of anilines is 1. The van der Waals surface area contributed by atoms with Gasteiger partial charge in [0.15, 0.2) is 0 Å². The van der Waals surface area contributed by atoms with Crippen LogP contribution in [0.15, 0.2) is 28.3 Å². The normalized spacial score (nSPS) is 10.2. The molecule has 1 N–H and O–H groups in total. The fraction of sp³-hybridized carbons (Fsp3) is 0.200. The third-order valence-corrected chi connectivity index (χ3v) is 3.65. The molecule has 3 heteroatoms. The quantitative estimate of drug-likeness (QED) is 0.812. The molecule has 1 nitrogen and oxygen atoms in total. The summed E-state index contributed by atoms with van der Waals surface area (Å²) < 4.78 is 0. The van der Waals surface area contributed by atoms with Crippen LogP contribution in [0.5, 0.6) is 0 Å². The van der Waals surface area contributed by atoms with Crippen molar-refractivity contribution in [3.63, 3.8) is 0 Å². The molecule has 0 amide bonds. The van der Waals surface area contributed by atoms with Gasteiger partial charge in [-0.15, -0.1) is 11.3 Å². The van der Waals surface area contributed by atoms with Gasteiger partial charge in [-0.05, 0) is 35.4 Å². The van der Waals surface area contributed by atoms with Crippen molar-refractivity contribution in [1.29, 1.82) is 0 Å². The molecular weight excluding hydrogens is 198 g/mol. The smallest absolute Gasteiger partial charge is 0.0497 e. The van der Waals surface area contributed by atoms with Crippen LogP contribution in [0.1, 0.15) is 10.4 Å². The highest BCUT2D eigenvalue weighted by Crippen LogP contribution is 2.18. The Bertz CT molecular complexity index is 362. The minimum atomic E-state index is 0.945. The van der Waals surface area contributed by atoms with Gasteiger partial charge in [-0.3, -0.25) is 0 Å². The van der Waals surface area contributed by atoms with Crippen LogP contribution in [-0.2, 0) is 6.54 Å². The Labute approximate surface area is 86.0 Å². The van der Waals surface area contributed by atoms with Crippen LogP contribution < -0.4 is 5.32 Å². The van der Waals surface area contributed by atoms with Gasteiger partial charge in [0.25, 0.3) is 0 Å². The van der Waals surface area contributed by atoms with Crippen molar-refractivity contribution < 1.29 is 0 Å². The van der Waals surface area contributed by atoms with E-state index in [0.717, 1.165) is 6.54 Å². The van der Waals surface area contributed by atoms with Crippen LogP contribution in [0.25, 0.3) is 0 Å². The van der Waals surface area contributed by atoms with Crippen LogP contribution >= 0.6 is 22.7 Å². The summed E-state index contributed by atoms with van der Waals surface area (Å²) in [6.07, 6.45) is 0. The fourth-order valence-corrected chi connectivity index (χ4v) is 2.59. The summed E-state index contributed by atoms with van der Waals surface area (Å²) in [5.74, 6) is 0. The first kappa shape index (κ1) is 8.78. The molecule has 2 aromatic rings. The van der Waals surface area contributed by atoms with Gasteiger partial charge >= 0.3 is 0 Å². The van der Waals surface area contributed by atoms with E-state index in [1.165, 1.54) is 16.1 Å². The molecule has 0 aromatic carbocycles. The summed E-state index contributed by atoms with van der Waals surface area (Å²) in [6.45, 7) is 3.10. The van der Waals surface area contributed by atoms with Gasteiger partial charge in [0.05, 0.1) is 0 Å². The molecule has 0 aliphatic carbocycles. The fourth-order valence-electron chi connectivity index (χ4n) is 1.13. The number of hydrogen-bond donors (Lipinski definition) is 1. The lowest BCUT2D eigenvalue weighted by Gasteiger charge is -2.02. The third-order valence-electron chi connectivity index (χ3n) is 1.94. The average Bonchev–Trinajstić information content (AvgIpc) is 2.72. The van der Waals surface area contributed by atoms with Crippen LogP contribution in [0.3, 0.4) is 0 Å². The molecule has 0 atom stereocenters. The Morgan fingerprint density at radius 2 is 2.23 bits per heavy atom. The third kappa shape index (κ3) is 2.11. The summed E-state index contributed by atoms with van der Waals surface area (Å²) in [5, 5.41) is 9.74. The van der Waals surface area contributed by atoms with Gasteiger partial charge < -0.3 is 5.32 Å². The second kappa shape index (κ2) is 3.94. The number of hydrogen-bond acceptors (Lipinski definition) is 3. The van der Waals surface area contributed by atoms with E-state index in [0.29, 0.717) is 0 Å². The topological polar surface area (TPSA) is 12.0 Å². The monoisotopic (exact) mass is 209 g/mol. The maximum absolute atomic E-state index is 3.39. The van der Waals surface area contributed by atoms with E-state index in [1.54, 1.807) is 11.3 Å². The lowest BCUT2D eigenvalue weighted by molar-refractivity contribution is 1.17. The molecule has 0 aliphatic heterocycles. The van der Waals surface area contributed by atoms with Gasteiger partial charge in [-0.1, -0.05) is 0 Å². The molecule has 0 radical (unpaired) electrons. The van der Waals surface area contributed by atoms with Crippen LogP contribution in [0, 0.1) is 6.92 Å². The number of nitrogens with one attached hydrogen (secondary N) is 1. The predicted molar refractivity (Wildman–Crippen MR) is 60.7 cm³/mol. The molecule has 0 saturated carbocycles. The minimum Gasteiger partial charge on any atom is -0.379 e. The lowest BCUT2D eigenvalue weighted by atomic mass is 10.3. The van der Waals surface area contributed by atoms with E-state index in [2.05, 4.69) is 40.5 Å². The molecule has 13 heavy (non-hydrogen) atoms. The number of thiophene rings is 2. The van der Waals surface area contributed by atoms with Crippen molar-refractivity contribution in [2.24, 2.45) is 0 Å². The Morgan fingerprint density at radius 3 is 2.85 bits per heavy atom.